The lowest BCUT2D eigenvalue weighted by atomic mass is 10.1. The number of rotatable bonds is 4. The van der Waals surface area contributed by atoms with Gasteiger partial charge in [-0.3, -0.25) is 0 Å². The summed E-state index contributed by atoms with van der Waals surface area (Å²) >= 11 is 6.17. The molecule has 2 aromatic rings. The van der Waals surface area contributed by atoms with Crippen LogP contribution in [-0.2, 0) is 4.74 Å². The maximum Gasteiger partial charge on any atom is 0.513 e. The van der Waals surface area contributed by atoms with Crippen molar-refractivity contribution in [2.24, 2.45) is 0 Å². The maximum atomic E-state index is 12.1. The Labute approximate surface area is 151 Å². The third kappa shape index (κ3) is 5.39. The van der Waals surface area contributed by atoms with Gasteiger partial charge < -0.3 is 20.1 Å². The summed E-state index contributed by atoms with van der Waals surface area (Å²) in [5, 5.41) is 5.89. The van der Waals surface area contributed by atoms with Crippen molar-refractivity contribution in [3.8, 4) is 5.75 Å². The summed E-state index contributed by atoms with van der Waals surface area (Å²) in [4.78, 5) is 23.4. The van der Waals surface area contributed by atoms with Gasteiger partial charge in [0.1, 0.15) is 5.75 Å². The van der Waals surface area contributed by atoms with Crippen LogP contribution in [0, 0.1) is 13.8 Å². The molecule has 0 fully saturated rings. The molecule has 0 saturated carbocycles. The number of aryl methyl sites for hydroxylation is 2. The number of hydrogen-bond donors (Lipinski definition) is 2. The van der Waals surface area contributed by atoms with E-state index >= 15 is 0 Å². The summed E-state index contributed by atoms with van der Waals surface area (Å²) < 4.78 is 9.63. The minimum Gasteiger partial charge on any atom is -0.434 e. The predicted molar refractivity (Wildman–Crippen MR) is 97.7 cm³/mol. The van der Waals surface area contributed by atoms with Gasteiger partial charge in [-0.05, 0) is 62.2 Å². The lowest BCUT2D eigenvalue weighted by molar-refractivity contribution is 0.104. The molecule has 0 radical (unpaired) electrons. The smallest absolute Gasteiger partial charge is 0.434 e. The van der Waals surface area contributed by atoms with E-state index in [1.807, 2.05) is 19.9 Å². The Balaban J connectivity index is 1.98. The van der Waals surface area contributed by atoms with E-state index in [-0.39, 0.29) is 6.61 Å². The second-order valence-electron chi connectivity index (χ2n) is 5.33. The first-order chi connectivity index (χ1) is 11.9. The van der Waals surface area contributed by atoms with Crippen molar-refractivity contribution in [2.45, 2.75) is 20.8 Å². The van der Waals surface area contributed by atoms with Gasteiger partial charge in [-0.15, -0.1) is 0 Å². The van der Waals surface area contributed by atoms with Crippen molar-refractivity contribution in [1.82, 2.24) is 0 Å². The molecule has 0 saturated heterocycles. The molecule has 7 heteroatoms. The molecule has 132 valence electrons. The number of nitrogens with one attached hydrogen (secondary N) is 2. The van der Waals surface area contributed by atoms with Gasteiger partial charge in [0.25, 0.3) is 0 Å². The van der Waals surface area contributed by atoms with E-state index in [0.29, 0.717) is 22.1 Å². The van der Waals surface area contributed by atoms with E-state index in [9.17, 15) is 9.59 Å². The average molecular weight is 363 g/mol. The molecule has 0 aliphatic heterocycles. The van der Waals surface area contributed by atoms with Crippen molar-refractivity contribution >= 4 is 35.2 Å². The molecule has 6 nitrogen and oxygen atoms in total. The lowest BCUT2D eigenvalue weighted by Gasteiger charge is -2.12. The van der Waals surface area contributed by atoms with Crippen LogP contribution >= 0.6 is 11.6 Å². The van der Waals surface area contributed by atoms with E-state index in [4.69, 9.17) is 16.3 Å². The molecular formula is C18H19ClN2O4. The number of amides is 2. The van der Waals surface area contributed by atoms with Crippen molar-refractivity contribution in [3.63, 3.8) is 0 Å². The van der Waals surface area contributed by atoms with E-state index < -0.39 is 12.2 Å². The topological polar surface area (TPSA) is 76.7 Å². The molecule has 0 aliphatic carbocycles. The number of carbonyl (C=O) groups is 2. The minimum atomic E-state index is -0.773. The quantitative estimate of drug-likeness (QED) is 0.583. The molecule has 0 spiro atoms. The van der Waals surface area contributed by atoms with Crippen molar-refractivity contribution in [1.29, 1.82) is 0 Å². The van der Waals surface area contributed by atoms with Crippen molar-refractivity contribution < 1.29 is 19.1 Å². The zero-order valence-corrected chi connectivity index (χ0v) is 14.9. The summed E-state index contributed by atoms with van der Waals surface area (Å²) in [6.07, 6.45) is -0.773. The normalized spacial score (nSPS) is 10.1. The fourth-order valence-electron chi connectivity index (χ4n) is 2.20. The van der Waals surface area contributed by atoms with Crippen LogP contribution in [0.2, 0.25) is 5.02 Å². The van der Waals surface area contributed by atoms with Crippen LogP contribution in [-0.4, -0.2) is 18.8 Å². The van der Waals surface area contributed by atoms with Gasteiger partial charge in [0.2, 0.25) is 0 Å². The summed E-state index contributed by atoms with van der Waals surface area (Å²) in [7, 11) is 0. The second-order valence-corrected chi connectivity index (χ2v) is 5.73. The Kier molecular flexibility index (Phi) is 6.25. The van der Waals surface area contributed by atoms with Crippen LogP contribution in [0.3, 0.4) is 0 Å². The molecule has 2 amide bonds. The Bertz CT molecular complexity index is 752. The molecule has 2 N–H and O–H groups in total. The lowest BCUT2D eigenvalue weighted by Crippen LogP contribution is -2.20. The SMILES string of the molecule is CCOC(=O)Oc1ccc(NC(=O)Nc2c(C)cc(C)cc2Cl)cc1. The van der Waals surface area contributed by atoms with Crippen LogP contribution < -0.4 is 15.4 Å². The van der Waals surface area contributed by atoms with E-state index in [2.05, 4.69) is 15.4 Å². The largest absolute Gasteiger partial charge is 0.513 e. The number of halogens is 1. The summed E-state index contributed by atoms with van der Waals surface area (Å²) in [6, 6.07) is 9.62. The highest BCUT2D eigenvalue weighted by Crippen LogP contribution is 2.27. The van der Waals surface area contributed by atoms with Gasteiger partial charge in [-0.1, -0.05) is 17.7 Å². The Morgan fingerprint density at radius 3 is 2.36 bits per heavy atom. The molecule has 0 heterocycles. The molecule has 25 heavy (non-hydrogen) atoms. The Morgan fingerprint density at radius 2 is 1.76 bits per heavy atom. The molecule has 0 atom stereocenters. The van der Waals surface area contributed by atoms with Crippen LogP contribution in [0.5, 0.6) is 5.75 Å². The zero-order valence-electron chi connectivity index (χ0n) is 14.2. The van der Waals surface area contributed by atoms with Gasteiger partial charge in [-0.25, -0.2) is 9.59 Å². The number of anilines is 2. The monoisotopic (exact) mass is 362 g/mol. The average Bonchev–Trinajstić information content (AvgIpc) is 2.53. The summed E-state index contributed by atoms with van der Waals surface area (Å²) in [5.74, 6) is 0.321. The maximum absolute atomic E-state index is 12.1. The van der Waals surface area contributed by atoms with E-state index in [1.54, 1.807) is 37.3 Å². The predicted octanol–water partition coefficient (Wildman–Crippen LogP) is 5.14. The first-order valence-corrected chi connectivity index (χ1v) is 8.06. The number of ether oxygens (including phenoxy) is 2. The summed E-state index contributed by atoms with van der Waals surface area (Å²) in [5.41, 5.74) is 2.99. The van der Waals surface area contributed by atoms with Gasteiger partial charge in [0.05, 0.1) is 17.3 Å². The van der Waals surface area contributed by atoms with Crippen molar-refractivity contribution in [3.05, 3.63) is 52.5 Å². The van der Waals surface area contributed by atoms with Crippen LogP contribution in [0.4, 0.5) is 21.0 Å². The van der Waals surface area contributed by atoms with Gasteiger partial charge in [0.15, 0.2) is 0 Å². The number of urea groups is 1. The highest BCUT2D eigenvalue weighted by Gasteiger charge is 2.10. The first-order valence-electron chi connectivity index (χ1n) is 7.68. The van der Waals surface area contributed by atoms with E-state index in [0.717, 1.165) is 11.1 Å². The number of benzene rings is 2. The molecule has 0 aliphatic rings. The Hall–Kier alpha value is -2.73. The van der Waals surface area contributed by atoms with Crippen LogP contribution in [0.25, 0.3) is 0 Å². The molecule has 0 bridgehead atoms. The minimum absolute atomic E-state index is 0.236. The van der Waals surface area contributed by atoms with Gasteiger partial charge in [0, 0.05) is 5.69 Å². The molecule has 0 unspecified atom stereocenters. The highest BCUT2D eigenvalue weighted by molar-refractivity contribution is 6.34. The van der Waals surface area contributed by atoms with Crippen LogP contribution in [0.1, 0.15) is 18.1 Å². The fraction of sp³-hybridized carbons (Fsp3) is 0.222. The molecule has 2 aromatic carbocycles. The zero-order chi connectivity index (χ0) is 18.4. The highest BCUT2D eigenvalue weighted by atomic mass is 35.5. The van der Waals surface area contributed by atoms with E-state index in [1.165, 1.54) is 0 Å². The third-order valence-electron chi connectivity index (χ3n) is 3.25. The standard InChI is InChI=1S/C18H19ClN2O4/c1-4-24-18(23)25-14-7-5-13(6-8-14)20-17(22)21-16-12(3)9-11(2)10-15(16)19/h5-10H,4H2,1-3H3,(H2,20,21,22). The fourth-order valence-corrected chi connectivity index (χ4v) is 2.57. The molecule has 0 aromatic heterocycles. The first kappa shape index (κ1) is 18.6. The third-order valence-corrected chi connectivity index (χ3v) is 3.54. The second kappa shape index (κ2) is 8.39. The van der Waals surface area contributed by atoms with Crippen LogP contribution in [0.15, 0.2) is 36.4 Å². The molecule has 2 rings (SSSR count). The Morgan fingerprint density at radius 1 is 1.08 bits per heavy atom. The number of carbonyl (C=O) groups excluding carboxylic acids is 2. The summed E-state index contributed by atoms with van der Waals surface area (Å²) in [6.45, 7) is 5.73. The van der Waals surface area contributed by atoms with Gasteiger partial charge in [-0.2, -0.15) is 0 Å². The van der Waals surface area contributed by atoms with Crippen molar-refractivity contribution in [2.75, 3.05) is 17.2 Å². The molecular weight excluding hydrogens is 344 g/mol. The van der Waals surface area contributed by atoms with Gasteiger partial charge >= 0.3 is 12.2 Å². The number of hydrogen-bond acceptors (Lipinski definition) is 4.